The summed E-state index contributed by atoms with van der Waals surface area (Å²) in [6, 6.07) is 0.0619. The number of anilines is 1. The molecule has 0 bridgehead atoms. The van der Waals surface area contributed by atoms with Crippen LogP contribution in [0.3, 0.4) is 0 Å². The van der Waals surface area contributed by atoms with Crippen molar-refractivity contribution in [2.45, 2.75) is 38.2 Å². The average Bonchev–Trinajstić information content (AvgIpc) is 2.79. The van der Waals surface area contributed by atoms with E-state index < -0.39 is 18.3 Å². The number of carbonyl (C=O) groups excluding carboxylic acids is 1. The Morgan fingerprint density at radius 1 is 1.48 bits per heavy atom. The molecule has 1 unspecified atom stereocenters. The van der Waals surface area contributed by atoms with Crippen molar-refractivity contribution >= 4 is 11.6 Å². The van der Waals surface area contributed by atoms with Gasteiger partial charge in [0.15, 0.2) is 0 Å². The van der Waals surface area contributed by atoms with Gasteiger partial charge in [0, 0.05) is 19.4 Å². The molecule has 118 valence electrons. The van der Waals surface area contributed by atoms with E-state index in [2.05, 4.69) is 5.10 Å². The lowest BCUT2D eigenvalue weighted by Gasteiger charge is -2.22. The van der Waals surface area contributed by atoms with E-state index in [1.54, 1.807) is 4.68 Å². The molecular formula is C12H15F4N3O2. The Hall–Kier alpha value is -1.64. The molecule has 21 heavy (non-hydrogen) atoms. The van der Waals surface area contributed by atoms with Crippen molar-refractivity contribution in [2.24, 2.45) is 0 Å². The normalized spacial score (nSPS) is 18.5. The van der Waals surface area contributed by atoms with Crippen molar-refractivity contribution in [1.29, 1.82) is 0 Å². The van der Waals surface area contributed by atoms with Crippen LogP contribution >= 0.6 is 0 Å². The van der Waals surface area contributed by atoms with E-state index in [1.165, 1.54) is 13.1 Å². The summed E-state index contributed by atoms with van der Waals surface area (Å²) in [4.78, 5) is 11.2. The van der Waals surface area contributed by atoms with Crippen LogP contribution in [0.15, 0.2) is 6.20 Å². The van der Waals surface area contributed by atoms with Gasteiger partial charge in [0.25, 0.3) is 12.1 Å². The van der Waals surface area contributed by atoms with Crippen LogP contribution in [0.25, 0.3) is 0 Å². The van der Waals surface area contributed by atoms with Gasteiger partial charge in [0.05, 0.1) is 17.4 Å². The van der Waals surface area contributed by atoms with Crippen LogP contribution in [0.1, 0.15) is 24.6 Å². The molecule has 1 fully saturated rings. The fourth-order valence-corrected chi connectivity index (χ4v) is 2.09. The summed E-state index contributed by atoms with van der Waals surface area (Å²) >= 11 is 0. The Labute approximate surface area is 118 Å². The number of aromatic nitrogens is 2. The third kappa shape index (κ3) is 3.72. The highest BCUT2D eigenvalue weighted by Crippen LogP contribution is 2.26. The molecule has 0 aromatic carbocycles. The molecule has 0 aliphatic carbocycles. The summed E-state index contributed by atoms with van der Waals surface area (Å²) in [5, 5.41) is 6.08. The number of hydrogen-bond acceptors (Lipinski definition) is 3. The predicted octanol–water partition coefficient (Wildman–Crippen LogP) is 2.38. The van der Waals surface area contributed by atoms with Crippen molar-refractivity contribution in [1.82, 2.24) is 9.78 Å². The topological polar surface area (TPSA) is 56.1 Å². The number of alkyl halides is 4. The van der Waals surface area contributed by atoms with Crippen molar-refractivity contribution < 1.29 is 27.1 Å². The Bertz CT molecular complexity index is 509. The zero-order chi connectivity index (χ0) is 15.6. The fraction of sp³-hybridized carbons (Fsp3) is 0.667. The number of halogens is 4. The molecule has 0 radical (unpaired) electrons. The van der Waals surface area contributed by atoms with Gasteiger partial charge < -0.3 is 10.1 Å². The predicted molar refractivity (Wildman–Crippen MR) is 65.6 cm³/mol. The number of rotatable bonds is 3. The Morgan fingerprint density at radius 3 is 2.67 bits per heavy atom. The summed E-state index contributed by atoms with van der Waals surface area (Å²) in [7, 11) is 0. The largest absolute Gasteiger partial charge is 0.428 e. The molecule has 1 aliphatic heterocycles. The lowest BCUT2D eigenvalue weighted by Crippen LogP contribution is -2.36. The number of hydrogen-bond donors (Lipinski definition) is 1. The van der Waals surface area contributed by atoms with Crippen molar-refractivity contribution in [3.8, 4) is 0 Å². The maximum absolute atomic E-state index is 12.9. The molecule has 9 heteroatoms. The summed E-state index contributed by atoms with van der Waals surface area (Å²) in [5.74, 6) is -1.74. The maximum atomic E-state index is 12.9. The third-order valence-electron chi connectivity index (χ3n) is 3.26. The molecule has 1 saturated heterocycles. The van der Waals surface area contributed by atoms with Crippen molar-refractivity contribution in [2.75, 3.05) is 18.5 Å². The Morgan fingerprint density at radius 2 is 2.10 bits per heavy atom. The van der Waals surface area contributed by atoms with Gasteiger partial charge in [0.2, 0.25) is 0 Å². The quantitative estimate of drug-likeness (QED) is 0.872. The second-order valence-electron chi connectivity index (χ2n) is 4.85. The summed E-state index contributed by atoms with van der Waals surface area (Å²) < 4.78 is 56.1. The van der Waals surface area contributed by atoms with E-state index in [0.717, 1.165) is 12.8 Å². The number of carbonyl (C=O) groups is 1. The van der Waals surface area contributed by atoms with Gasteiger partial charge in [-0.3, -0.25) is 9.48 Å². The lowest BCUT2D eigenvalue weighted by molar-refractivity contribution is -0.183. The first kappa shape index (κ1) is 15.7. The van der Waals surface area contributed by atoms with E-state index in [4.69, 9.17) is 4.74 Å². The molecule has 1 N–H and O–H groups in total. The molecule has 1 amide bonds. The van der Waals surface area contributed by atoms with Gasteiger partial charge in [-0.15, -0.1) is 0 Å². The van der Waals surface area contributed by atoms with Gasteiger partial charge >= 0.3 is 6.18 Å². The summed E-state index contributed by atoms with van der Waals surface area (Å²) in [6.45, 7) is 2.68. The van der Waals surface area contributed by atoms with Crippen molar-refractivity contribution in [3.05, 3.63) is 11.9 Å². The molecule has 0 saturated carbocycles. The Kier molecular flexibility index (Phi) is 4.50. The highest BCUT2D eigenvalue weighted by molar-refractivity contribution is 5.94. The molecule has 1 atom stereocenters. The minimum atomic E-state index is -5.21. The molecule has 5 nitrogen and oxygen atoms in total. The molecule has 0 spiro atoms. The molecule has 1 aromatic rings. The maximum Gasteiger partial charge on any atom is 0.428 e. The number of aryl methyl sites for hydroxylation is 1. The number of ether oxygens (including phenoxy) is 1. The average molecular weight is 309 g/mol. The molecule has 2 heterocycles. The van der Waals surface area contributed by atoms with Crippen LogP contribution in [-0.2, 0) is 9.53 Å². The van der Waals surface area contributed by atoms with E-state index in [9.17, 15) is 22.4 Å². The minimum absolute atomic E-state index is 0.0619. The number of amides is 1. The summed E-state index contributed by atoms with van der Waals surface area (Å²) in [5.41, 5.74) is 0.419. The molecular weight excluding hydrogens is 294 g/mol. The highest BCUT2D eigenvalue weighted by atomic mass is 19.4. The first-order chi connectivity index (χ1) is 9.79. The van der Waals surface area contributed by atoms with Crippen LogP contribution < -0.4 is 5.32 Å². The molecule has 1 aromatic heterocycles. The van der Waals surface area contributed by atoms with Crippen LogP contribution in [0, 0.1) is 6.92 Å². The Balaban J connectivity index is 2.07. The van der Waals surface area contributed by atoms with Crippen LogP contribution in [-0.4, -0.2) is 41.2 Å². The third-order valence-corrected chi connectivity index (χ3v) is 3.26. The zero-order valence-electron chi connectivity index (χ0n) is 11.3. The van der Waals surface area contributed by atoms with Crippen molar-refractivity contribution in [3.63, 3.8) is 0 Å². The van der Waals surface area contributed by atoms with Gasteiger partial charge in [-0.05, 0) is 19.8 Å². The van der Waals surface area contributed by atoms with E-state index in [-0.39, 0.29) is 11.7 Å². The van der Waals surface area contributed by atoms with Crippen LogP contribution in [0.5, 0.6) is 0 Å². The van der Waals surface area contributed by atoms with E-state index in [1.807, 2.05) is 5.32 Å². The molecule has 2 rings (SSSR count). The van der Waals surface area contributed by atoms with E-state index in [0.29, 0.717) is 18.9 Å². The lowest BCUT2D eigenvalue weighted by atomic mass is 10.1. The first-order valence-electron chi connectivity index (χ1n) is 6.44. The van der Waals surface area contributed by atoms with Gasteiger partial charge in [0.1, 0.15) is 0 Å². The van der Waals surface area contributed by atoms with Crippen LogP contribution in [0.4, 0.5) is 23.2 Å². The SMILES string of the molecule is Cc1nn(C2CCOCC2)cc1NC(=O)C(F)C(F)(F)F. The first-order valence-corrected chi connectivity index (χ1v) is 6.44. The standard InChI is InChI=1S/C12H15F4N3O2/c1-7-9(17-11(20)10(13)12(14,15)16)6-19(18-7)8-2-4-21-5-3-8/h6,8,10H,2-5H2,1H3,(H,17,20). The minimum Gasteiger partial charge on any atom is -0.381 e. The van der Waals surface area contributed by atoms with Crippen LogP contribution in [0.2, 0.25) is 0 Å². The number of nitrogens with zero attached hydrogens (tertiary/aromatic N) is 2. The second-order valence-corrected chi connectivity index (χ2v) is 4.85. The number of nitrogens with one attached hydrogen (secondary N) is 1. The zero-order valence-corrected chi connectivity index (χ0v) is 11.3. The highest BCUT2D eigenvalue weighted by Gasteiger charge is 2.45. The second kappa shape index (κ2) is 6.00. The van der Waals surface area contributed by atoms with E-state index >= 15 is 0 Å². The smallest absolute Gasteiger partial charge is 0.381 e. The van der Waals surface area contributed by atoms with Gasteiger partial charge in [-0.2, -0.15) is 18.3 Å². The fourth-order valence-electron chi connectivity index (χ4n) is 2.09. The van der Waals surface area contributed by atoms with Gasteiger partial charge in [-0.1, -0.05) is 0 Å². The molecule has 1 aliphatic rings. The van der Waals surface area contributed by atoms with Gasteiger partial charge in [-0.25, -0.2) is 4.39 Å². The monoisotopic (exact) mass is 309 g/mol. The summed E-state index contributed by atoms with van der Waals surface area (Å²) in [6.07, 6.45) is -5.89.